The predicted molar refractivity (Wildman–Crippen MR) is 302 cm³/mol. The van der Waals surface area contributed by atoms with Crippen molar-refractivity contribution in [2.45, 2.75) is 88.7 Å². The lowest BCUT2D eigenvalue weighted by Gasteiger charge is -2.45. The zero-order chi connectivity index (χ0) is 54.0. The van der Waals surface area contributed by atoms with Crippen molar-refractivity contribution in [3.63, 3.8) is 0 Å². The summed E-state index contributed by atoms with van der Waals surface area (Å²) in [4.78, 5) is 18.4. The van der Waals surface area contributed by atoms with Crippen LogP contribution in [0.25, 0.3) is 0 Å². The van der Waals surface area contributed by atoms with E-state index in [0.29, 0.717) is 56.5 Å². The average molecular weight is 1140 g/mol. The van der Waals surface area contributed by atoms with Crippen LogP contribution in [0.3, 0.4) is 0 Å². The Morgan fingerprint density at radius 1 is 0.538 bits per heavy atom. The van der Waals surface area contributed by atoms with Gasteiger partial charge in [0.15, 0.2) is 0 Å². The summed E-state index contributed by atoms with van der Waals surface area (Å²) in [7, 11) is 0. The highest BCUT2D eigenvalue weighted by Crippen LogP contribution is 2.43. The molecule has 0 saturated carbocycles. The largest absolute Gasteiger partial charge is 0.491 e. The van der Waals surface area contributed by atoms with E-state index in [1.54, 1.807) is 46.3 Å². The fourth-order valence-corrected chi connectivity index (χ4v) is 12.2. The van der Waals surface area contributed by atoms with Crippen LogP contribution >= 0.6 is 46.4 Å². The van der Waals surface area contributed by atoms with Crippen molar-refractivity contribution in [3.8, 4) is 11.5 Å². The van der Waals surface area contributed by atoms with Crippen molar-refractivity contribution < 1.29 is 28.4 Å². The Morgan fingerprint density at radius 3 is 1.31 bits per heavy atom. The van der Waals surface area contributed by atoms with Gasteiger partial charge in [0.1, 0.15) is 75.3 Å². The molecule has 0 amide bonds. The molecule has 5 aromatic carbocycles. The van der Waals surface area contributed by atoms with Gasteiger partial charge >= 0.3 is 0 Å². The summed E-state index contributed by atoms with van der Waals surface area (Å²) in [6, 6.07) is 37.9. The summed E-state index contributed by atoms with van der Waals surface area (Å²) in [6.45, 7) is 16.4. The van der Waals surface area contributed by atoms with Crippen LogP contribution in [0, 0.1) is 0 Å². The van der Waals surface area contributed by atoms with Crippen LogP contribution in [0.15, 0.2) is 135 Å². The first-order valence-electron chi connectivity index (χ1n) is 26.6. The second-order valence-corrected chi connectivity index (χ2v) is 22.6. The maximum Gasteiger partial charge on any atom is 0.217 e. The molecule has 4 saturated heterocycles. The molecule has 20 heteroatoms. The van der Waals surface area contributed by atoms with Crippen LogP contribution in [0.4, 0.5) is 11.4 Å². The molecule has 11 rings (SSSR count). The minimum Gasteiger partial charge on any atom is -0.491 e. The van der Waals surface area contributed by atoms with Gasteiger partial charge in [-0.05, 0) is 112 Å². The van der Waals surface area contributed by atoms with Crippen molar-refractivity contribution in [3.05, 3.63) is 177 Å². The second-order valence-electron chi connectivity index (χ2n) is 20.9. The number of piperazine rings is 2. The molecule has 0 radical (unpaired) electrons. The third kappa shape index (κ3) is 12.0. The van der Waals surface area contributed by atoms with Crippen molar-refractivity contribution in [1.29, 1.82) is 0 Å². The molecule has 2 unspecified atom stereocenters. The van der Waals surface area contributed by atoms with E-state index in [4.69, 9.17) is 74.8 Å². The number of halogens is 4. The van der Waals surface area contributed by atoms with Gasteiger partial charge in [0.05, 0.1) is 35.3 Å². The van der Waals surface area contributed by atoms with Crippen LogP contribution in [0.1, 0.15) is 62.0 Å². The number of hydrogen-bond donors (Lipinski definition) is 0. The summed E-state index contributed by atoms with van der Waals surface area (Å²) in [5.74, 6) is -0.893. The highest BCUT2D eigenvalue weighted by molar-refractivity contribution is 6.35. The molecule has 4 fully saturated rings. The fourth-order valence-electron chi connectivity index (χ4n) is 11.1. The lowest BCUT2D eigenvalue weighted by molar-refractivity contribution is -0.191. The fraction of sp³-hybridized carbons (Fsp3) is 0.414. The zero-order valence-corrected chi connectivity index (χ0v) is 47.1. The highest BCUT2D eigenvalue weighted by Gasteiger charge is 2.47. The SMILES string of the molecule is CC(C)N1CCN(c2ccc(OC[C@@H]3CO[C@@](Cn4cncn4)(c4ccc(Cl)cc4Cl)O3)cc2)C(c2ccc(C3CN(C(C)C)CCN3c3ccc(OC[C@@H]4CO[C@@](Cn5cncn5)(c5ccc(Cl)cc5Cl)O4)cc3)cc2)C1. The van der Waals surface area contributed by atoms with Crippen LogP contribution in [-0.2, 0) is 43.6 Å². The number of aromatic nitrogens is 6. The summed E-state index contributed by atoms with van der Waals surface area (Å²) in [6.07, 6.45) is 5.46. The van der Waals surface area contributed by atoms with Crippen LogP contribution in [0.2, 0.25) is 20.1 Å². The number of benzene rings is 5. The summed E-state index contributed by atoms with van der Waals surface area (Å²) < 4.78 is 42.0. The van der Waals surface area contributed by atoms with E-state index < -0.39 is 11.6 Å². The Balaban J connectivity index is 0.751. The molecule has 4 aliphatic rings. The standard InChI is InChI=1S/C58H64Cl4N10O6/c1-39(2)67-21-23-71(45-11-15-47(16-12-45)73-29-49-31-75-57(77-49,33-69-37-63-35-65-69)51-19-9-43(59)25-53(51)61)55(27-67)41-5-7-42(8-6-41)56-28-68(40(3)4)22-24-72(56)46-13-17-48(18-14-46)74-30-50-32-76-58(78-50,34-70-38-64-36-66-70)52-20-10-44(60)26-54(52)62/h5-20,25-26,35-40,49-50,55-56H,21-24,27-34H2,1-4H3/t49-,50-,55?,56?,57-,58-/m1/s1. The van der Waals surface area contributed by atoms with Gasteiger partial charge in [-0.3, -0.25) is 9.80 Å². The number of ether oxygens (including phenoxy) is 6. The Morgan fingerprint density at radius 2 is 0.949 bits per heavy atom. The first-order valence-corrected chi connectivity index (χ1v) is 28.1. The van der Waals surface area contributed by atoms with Gasteiger partial charge in [-0.25, -0.2) is 19.3 Å². The van der Waals surface area contributed by atoms with E-state index in [2.05, 4.69) is 116 Å². The quantitative estimate of drug-likeness (QED) is 0.0808. The zero-order valence-electron chi connectivity index (χ0n) is 44.1. The van der Waals surface area contributed by atoms with E-state index in [1.165, 1.54) is 23.8 Å². The van der Waals surface area contributed by atoms with Gasteiger partial charge in [0.2, 0.25) is 11.6 Å². The molecule has 0 aliphatic carbocycles. The van der Waals surface area contributed by atoms with E-state index in [-0.39, 0.29) is 50.6 Å². The maximum absolute atomic E-state index is 6.70. The number of anilines is 2. The topological polar surface area (TPSA) is 130 Å². The molecule has 6 atom stereocenters. The molecule has 7 aromatic rings. The molecule has 6 heterocycles. The molecule has 78 heavy (non-hydrogen) atoms. The van der Waals surface area contributed by atoms with Gasteiger partial charge < -0.3 is 38.2 Å². The molecule has 410 valence electrons. The maximum atomic E-state index is 6.70. The molecule has 2 aromatic heterocycles. The van der Waals surface area contributed by atoms with Crippen LogP contribution in [0.5, 0.6) is 11.5 Å². The molecular formula is C58H64Cl4N10O6. The van der Waals surface area contributed by atoms with Gasteiger partial charge in [0, 0.05) is 83.9 Å². The van der Waals surface area contributed by atoms with E-state index in [0.717, 1.165) is 62.1 Å². The van der Waals surface area contributed by atoms with E-state index in [1.807, 2.05) is 36.4 Å². The smallest absolute Gasteiger partial charge is 0.217 e. The van der Waals surface area contributed by atoms with Crippen LogP contribution < -0.4 is 19.3 Å². The summed E-state index contributed by atoms with van der Waals surface area (Å²) in [5.41, 5.74) is 6.18. The number of hydrogen-bond acceptors (Lipinski definition) is 14. The van der Waals surface area contributed by atoms with Gasteiger partial charge in [-0.15, -0.1) is 0 Å². The summed E-state index contributed by atoms with van der Waals surface area (Å²) >= 11 is 25.9. The highest BCUT2D eigenvalue weighted by atomic mass is 35.5. The number of nitrogens with zero attached hydrogens (tertiary/aromatic N) is 10. The minimum absolute atomic E-state index is 0.146. The first-order chi connectivity index (χ1) is 37.8. The second kappa shape index (κ2) is 23.7. The first kappa shape index (κ1) is 54.5. The molecule has 0 N–H and O–H groups in total. The van der Waals surface area contributed by atoms with E-state index >= 15 is 0 Å². The molecular weight excluding hydrogens is 1070 g/mol. The Hall–Kier alpha value is -5.50. The normalized spacial score (nSPS) is 24.2. The molecule has 0 spiro atoms. The lowest BCUT2D eigenvalue weighted by atomic mass is 9.95. The third-order valence-corrected chi connectivity index (χ3v) is 16.4. The average Bonchev–Trinajstić information content (AvgIpc) is 4.31. The van der Waals surface area contributed by atoms with Crippen molar-refractivity contribution >= 4 is 57.8 Å². The predicted octanol–water partition coefficient (Wildman–Crippen LogP) is 10.7. The Kier molecular flexibility index (Phi) is 16.5. The van der Waals surface area contributed by atoms with Gasteiger partial charge in [-0.1, -0.05) is 82.8 Å². The third-order valence-electron chi connectivity index (χ3n) is 15.3. The molecule has 16 nitrogen and oxygen atoms in total. The van der Waals surface area contributed by atoms with Crippen molar-refractivity contribution in [2.75, 3.05) is 75.5 Å². The molecule has 4 aliphatic heterocycles. The Labute approximate surface area is 475 Å². The van der Waals surface area contributed by atoms with E-state index in [9.17, 15) is 0 Å². The van der Waals surface area contributed by atoms with Crippen molar-refractivity contribution in [2.24, 2.45) is 0 Å². The summed E-state index contributed by atoms with van der Waals surface area (Å²) in [5, 5.41) is 10.5. The molecule has 0 bridgehead atoms. The van der Waals surface area contributed by atoms with Gasteiger partial charge in [-0.2, -0.15) is 10.2 Å². The monoisotopic (exact) mass is 1140 g/mol. The van der Waals surface area contributed by atoms with Crippen LogP contribution in [-0.4, -0.2) is 129 Å². The minimum atomic E-state index is -1.19. The number of rotatable bonds is 18. The lowest BCUT2D eigenvalue weighted by Crippen LogP contribution is -2.51. The van der Waals surface area contributed by atoms with Crippen molar-refractivity contribution in [1.82, 2.24) is 39.3 Å². The van der Waals surface area contributed by atoms with Gasteiger partial charge in [0.25, 0.3) is 0 Å². The Bertz CT molecular complexity index is 2880.